The van der Waals surface area contributed by atoms with Crippen LogP contribution in [0.2, 0.25) is 0 Å². The van der Waals surface area contributed by atoms with Gasteiger partial charge in [-0.2, -0.15) is 5.10 Å². The van der Waals surface area contributed by atoms with E-state index in [4.69, 9.17) is 4.74 Å². The topological polar surface area (TPSA) is 74.1 Å². The Labute approximate surface area is 153 Å². The standard InChI is InChI=1S/C18H18BrN5O/c1-25-13-4-2-3-11(5-13)8-20-17-7-16(23-24-17)15-10-22-18-14(15)6-12(19)9-21-18/h2-6,10,12H,7-9H2,1H3,(H,20,24)(H,21,22). The van der Waals surface area contributed by atoms with Gasteiger partial charge in [0.2, 0.25) is 0 Å². The summed E-state index contributed by atoms with van der Waals surface area (Å²) in [4.78, 5) is 12.7. The molecule has 1 aromatic carbocycles. The second kappa shape index (κ2) is 6.84. The molecule has 3 heterocycles. The average Bonchev–Trinajstić information content (AvgIpc) is 3.26. The minimum Gasteiger partial charge on any atom is -0.497 e. The van der Waals surface area contributed by atoms with E-state index < -0.39 is 0 Å². The van der Waals surface area contributed by atoms with Crippen LogP contribution >= 0.6 is 15.9 Å². The highest BCUT2D eigenvalue weighted by atomic mass is 79.9. The van der Waals surface area contributed by atoms with E-state index in [0.717, 1.165) is 45.7 Å². The molecular formula is C18H18BrN5O. The quantitative estimate of drug-likeness (QED) is 0.764. The maximum absolute atomic E-state index is 5.25. The van der Waals surface area contributed by atoms with Crippen LogP contribution in [0.15, 0.2) is 45.5 Å². The third kappa shape index (κ3) is 3.37. The molecule has 2 aliphatic rings. The van der Waals surface area contributed by atoms with Crippen molar-refractivity contribution in [1.29, 1.82) is 0 Å². The fraction of sp³-hybridized carbons (Fsp3) is 0.278. The van der Waals surface area contributed by atoms with Gasteiger partial charge in [0, 0.05) is 17.0 Å². The number of halogens is 1. The van der Waals surface area contributed by atoms with Crippen molar-refractivity contribution >= 4 is 33.6 Å². The van der Waals surface area contributed by atoms with Crippen LogP contribution in [-0.4, -0.2) is 35.0 Å². The molecule has 2 N–H and O–H groups in total. The number of aliphatic imine (C=N–C) groups is 1. The summed E-state index contributed by atoms with van der Waals surface area (Å²) in [6, 6.07) is 7.94. The van der Waals surface area contributed by atoms with Crippen molar-refractivity contribution in [3.8, 4) is 5.75 Å². The summed E-state index contributed by atoms with van der Waals surface area (Å²) >= 11 is 3.61. The van der Waals surface area contributed by atoms with Crippen LogP contribution < -0.4 is 20.9 Å². The number of methoxy groups -OCH3 is 1. The predicted octanol–water partition coefficient (Wildman–Crippen LogP) is 1.50. The lowest BCUT2D eigenvalue weighted by molar-refractivity contribution is 0.414. The number of fused-ring (bicyclic) bond motifs is 1. The predicted molar refractivity (Wildman–Crippen MR) is 102 cm³/mol. The molecule has 2 aliphatic heterocycles. The van der Waals surface area contributed by atoms with Gasteiger partial charge in [0.25, 0.3) is 0 Å². The van der Waals surface area contributed by atoms with E-state index in [1.54, 1.807) is 7.11 Å². The normalized spacial score (nSPS) is 20.3. The summed E-state index contributed by atoms with van der Waals surface area (Å²) in [6.07, 6.45) is 4.85. The van der Waals surface area contributed by atoms with Crippen molar-refractivity contribution in [3.63, 3.8) is 0 Å². The van der Waals surface area contributed by atoms with E-state index in [2.05, 4.69) is 47.5 Å². The van der Waals surface area contributed by atoms with E-state index in [9.17, 15) is 0 Å². The summed E-state index contributed by atoms with van der Waals surface area (Å²) in [6.45, 7) is 1.35. The molecule has 0 radical (unpaired) electrons. The number of hydrogen-bond donors (Lipinski definition) is 2. The van der Waals surface area contributed by atoms with Gasteiger partial charge in [-0.05, 0) is 17.7 Å². The fourth-order valence-corrected chi connectivity index (χ4v) is 3.36. The smallest absolute Gasteiger partial charge is 0.132 e. The van der Waals surface area contributed by atoms with Gasteiger partial charge < -0.3 is 9.72 Å². The van der Waals surface area contributed by atoms with Crippen LogP contribution in [0.5, 0.6) is 5.75 Å². The maximum Gasteiger partial charge on any atom is 0.132 e. The molecule has 0 bridgehead atoms. The van der Waals surface area contributed by atoms with Gasteiger partial charge in [0.15, 0.2) is 0 Å². The van der Waals surface area contributed by atoms with Crippen molar-refractivity contribution in [2.75, 3.05) is 13.7 Å². The zero-order valence-corrected chi connectivity index (χ0v) is 15.4. The van der Waals surface area contributed by atoms with Gasteiger partial charge in [-0.3, -0.25) is 15.4 Å². The van der Waals surface area contributed by atoms with Crippen LogP contribution in [0.25, 0.3) is 6.08 Å². The molecule has 128 valence electrons. The number of aromatic amines is 1. The highest BCUT2D eigenvalue weighted by Gasteiger charge is 2.19. The molecule has 1 atom stereocenters. The summed E-state index contributed by atoms with van der Waals surface area (Å²) in [5, 5.41) is 5.57. The van der Waals surface area contributed by atoms with Crippen LogP contribution in [0, 0.1) is 0 Å². The van der Waals surface area contributed by atoms with E-state index in [1.165, 1.54) is 0 Å². The van der Waals surface area contributed by atoms with Crippen LogP contribution in [0.1, 0.15) is 17.5 Å². The minimum atomic E-state index is 0.269. The number of ether oxygens (including phenoxy) is 1. The van der Waals surface area contributed by atoms with Gasteiger partial charge >= 0.3 is 0 Å². The molecule has 0 spiro atoms. The highest BCUT2D eigenvalue weighted by molar-refractivity contribution is 9.09. The SMILES string of the molecule is COc1cccc(CN=C2CC(c3c[nH]c4c3=CC(Br)CN=4)=NN2)c1. The maximum atomic E-state index is 5.25. The number of H-pyrrole nitrogens is 1. The summed E-state index contributed by atoms with van der Waals surface area (Å²) in [5.74, 6) is 1.72. The summed E-state index contributed by atoms with van der Waals surface area (Å²) in [5.41, 5.74) is 7.15. The lowest BCUT2D eigenvalue weighted by Gasteiger charge is -2.04. The molecule has 2 aromatic rings. The van der Waals surface area contributed by atoms with Gasteiger partial charge in [-0.25, -0.2) is 0 Å². The first-order valence-electron chi connectivity index (χ1n) is 8.10. The molecule has 0 fully saturated rings. The number of alkyl halides is 1. The molecule has 25 heavy (non-hydrogen) atoms. The van der Waals surface area contributed by atoms with Crippen molar-refractivity contribution in [2.45, 2.75) is 17.8 Å². The number of aromatic nitrogens is 1. The Morgan fingerprint density at radius 3 is 3.20 bits per heavy atom. The Bertz CT molecular complexity index is 976. The Morgan fingerprint density at radius 2 is 2.32 bits per heavy atom. The second-order valence-corrected chi connectivity index (χ2v) is 7.13. The molecule has 6 nitrogen and oxygen atoms in total. The Balaban J connectivity index is 1.50. The highest BCUT2D eigenvalue weighted by Crippen LogP contribution is 2.14. The zero-order valence-electron chi connectivity index (χ0n) is 13.8. The Hall–Kier alpha value is -2.41. The number of nitrogens with zero attached hydrogens (tertiary/aromatic N) is 3. The number of nitrogens with one attached hydrogen (secondary N) is 2. The van der Waals surface area contributed by atoms with Crippen molar-refractivity contribution in [3.05, 3.63) is 52.3 Å². The Morgan fingerprint density at radius 1 is 1.40 bits per heavy atom. The average molecular weight is 400 g/mol. The first-order valence-corrected chi connectivity index (χ1v) is 9.01. The molecular weight excluding hydrogens is 382 g/mol. The van der Waals surface area contributed by atoms with Crippen LogP contribution in [0.4, 0.5) is 0 Å². The van der Waals surface area contributed by atoms with Crippen molar-refractivity contribution < 1.29 is 4.74 Å². The van der Waals surface area contributed by atoms with Crippen LogP contribution in [0.3, 0.4) is 0 Å². The molecule has 0 saturated heterocycles. The van der Waals surface area contributed by atoms with Gasteiger partial charge in [0.1, 0.15) is 17.1 Å². The second-order valence-electron chi connectivity index (χ2n) is 5.95. The summed E-state index contributed by atoms with van der Waals surface area (Å²) < 4.78 is 5.25. The minimum absolute atomic E-state index is 0.269. The molecule has 1 unspecified atom stereocenters. The largest absolute Gasteiger partial charge is 0.497 e. The van der Waals surface area contributed by atoms with Gasteiger partial charge in [-0.1, -0.05) is 34.1 Å². The van der Waals surface area contributed by atoms with E-state index >= 15 is 0 Å². The number of rotatable bonds is 4. The van der Waals surface area contributed by atoms with Gasteiger partial charge in [0.05, 0.1) is 37.2 Å². The molecule has 0 amide bonds. The lowest BCUT2D eigenvalue weighted by atomic mass is 10.1. The molecule has 0 aliphatic carbocycles. The third-order valence-electron chi connectivity index (χ3n) is 4.22. The zero-order chi connectivity index (χ0) is 17.2. The van der Waals surface area contributed by atoms with E-state index in [0.29, 0.717) is 13.0 Å². The molecule has 4 rings (SSSR count). The molecule has 0 saturated carbocycles. The van der Waals surface area contributed by atoms with E-state index in [-0.39, 0.29) is 4.83 Å². The van der Waals surface area contributed by atoms with Gasteiger partial charge in [-0.15, -0.1) is 0 Å². The monoisotopic (exact) mass is 399 g/mol. The molecule has 7 heteroatoms. The number of amidine groups is 1. The first-order chi connectivity index (χ1) is 12.2. The van der Waals surface area contributed by atoms with Crippen LogP contribution in [-0.2, 0) is 6.54 Å². The fourth-order valence-electron chi connectivity index (χ4n) is 2.95. The molecule has 1 aromatic heterocycles. The number of hydrogen-bond acceptors (Lipinski definition) is 4. The third-order valence-corrected chi connectivity index (χ3v) is 4.78. The van der Waals surface area contributed by atoms with E-state index in [1.807, 2.05) is 30.5 Å². The number of hydrazone groups is 1. The summed E-state index contributed by atoms with van der Waals surface area (Å²) in [7, 11) is 1.67. The lowest BCUT2D eigenvalue weighted by Crippen LogP contribution is -2.33. The van der Waals surface area contributed by atoms with Crippen molar-refractivity contribution in [2.24, 2.45) is 15.1 Å². The number of benzene rings is 1. The van der Waals surface area contributed by atoms with Crippen molar-refractivity contribution in [1.82, 2.24) is 10.4 Å². The first kappa shape index (κ1) is 16.1. The Kier molecular flexibility index (Phi) is 4.40.